The SMILES string of the molecule is CCC(C(=O)NC(C)C)N(Cc1ccc(C)cc1)C(=O)CSCc1ccc(F)cc1. The van der Waals surface area contributed by atoms with E-state index < -0.39 is 6.04 Å². The molecule has 0 aliphatic carbocycles. The smallest absolute Gasteiger partial charge is 0.243 e. The molecule has 0 radical (unpaired) electrons. The van der Waals surface area contributed by atoms with Crippen LogP contribution >= 0.6 is 11.8 Å². The second-order valence-corrected chi connectivity index (χ2v) is 8.70. The first-order chi connectivity index (χ1) is 14.3. The second-order valence-electron chi connectivity index (χ2n) is 7.71. The van der Waals surface area contributed by atoms with Gasteiger partial charge in [0.15, 0.2) is 0 Å². The number of carbonyl (C=O) groups excluding carboxylic acids is 2. The zero-order valence-corrected chi connectivity index (χ0v) is 19.0. The van der Waals surface area contributed by atoms with E-state index in [-0.39, 0.29) is 29.4 Å². The van der Waals surface area contributed by atoms with Crippen molar-refractivity contribution in [2.75, 3.05) is 5.75 Å². The molecule has 0 heterocycles. The van der Waals surface area contributed by atoms with Crippen molar-refractivity contribution in [3.8, 4) is 0 Å². The van der Waals surface area contributed by atoms with Crippen LogP contribution in [0.4, 0.5) is 4.39 Å². The number of aryl methyl sites for hydroxylation is 1. The fraction of sp³-hybridized carbons (Fsp3) is 0.417. The van der Waals surface area contributed by atoms with E-state index in [9.17, 15) is 14.0 Å². The Kier molecular flexibility index (Phi) is 9.37. The molecular formula is C24H31FN2O2S. The first-order valence-electron chi connectivity index (χ1n) is 10.3. The summed E-state index contributed by atoms with van der Waals surface area (Å²) in [4.78, 5) is 27.5. The molecule has 2 amide bonds. The molecule has 2 aromatic carbocycles. The van der Waals surface area contributed by atoms with Gasteiger partial charge in [-0.05, 0) is 50.5 Å². The van der Waals surface area contributed by atoms with Crippen LogP contribution in [0.2, 0.25) is 0 Å². The average molecular weight is 431 g/mol. The van der Waals surface area contributed by atoms with Gasteiger partial charge in [-0.25, -0.2) is 4.39 Å². The van der Waals surface area contributed by atoms with Gasteiger partial charge < -0.3 is 10.2 Å². The van der Waals surface area contributed by atoms with Gasteiger partial charge >= 0.3 is 0 Å². The molecule has 1 unspecified atom stereocenters. The maximum absolute atomic E-state index is 13.1. The maximum Gasteiger partial charge on any atom is 0.243 e. The largest absolute Gasteiger partial charge is 0.352 e. The van der Waals surface area contributed by atoms with Crippen LogP contribution in [0.1, 0.15) is 43.9 Å². The number of halogens is 1. The first-order valence-corrected chi connectivity index (χ1v) is 11.4. The monoisotopic (exact) mass is 430 g/mol. The van der Waals surface area contributed by atoms with E-state index >= 15 is 0 Å². The number of nitrogens with zero attached hydrogens (tertiary/aromatic N) is 1. The summed E-state index contributed by atoms with van der Waals surface area (Å²) in [7, 11) is 0. The molecule has 0 aliphatic heterocycles. The fourth-order valence-electron chi connectivity index (χ4n) is 3.11. The lowest BCUT2D eigenvalue weighted by molar-refractivity contribution is -0.139. The third-order valence-corrected chi connectivity index (χ3v) is 5.69. The number of thioether (sulfide) groups is 1. The Hall–Kier alpha value is -2.34. The molecule has 1 atom stereocenters. The van der Waals surface area contributed by atoms with Crippen LogP contribution < -0.4 is 5.32 Å². The number of benzene rings is 2. The molecule has 0 saturated carbocycles. The van der Waals surface area contributed by atoms with Gasteiger partial charge in [0.1, 0.15) is 11.9 Å². The van der Waals surface area contributed by atoms with E-state index in [4.69, 9.17) is 0 Å². The summed E-state index contributed by atoms with van der Waals surface area (Å²) in [5.74, 6) is 0.393. The zero-order valence-electron chi connectivity index (χ0n) is 18.2. The number of carbonyl (C=O) groups is 2. The Bertz CT molecular complexity index is 822. The van der Waals surface area contributed by atoms with E-state index in [2.05, 4.69) is 5.32 Å². The molecular weight excluding hydrogens is 399 g/mol. The summed E-state index contributed by atoms with van der Waals surface area (Å²) in [6.45, 7) is 8.15. The standard InChI is InChI=1S/C24H31FN2O2S/c1-5-22(24(29)26-17(2)3)27(14-19-8-6-18(4)7-9-19)23(28)16-30-15-20-10-12-21(25)13-11-20/h6-13,17,22H,5,14-16H2,1-4H3,(H,26,29). The Labute approximate surface area is 183 Å². The van der Waals surface area contributed by atoms with Gasteiger partial charge in [-0.2, -0.15) is 0 Å². The van der Waals surface area contributed by atoms with Crippen LogP contribution in [0.3, 0.4) is 0 Å². The van der Waals surface area contributed by atoms with Gasteiger partial charge in [-0.1, -0.05) is 48.9 Å². The fourth-order valence-corrected chi connectivity index (χ4v) is 3.98. The highest BCUT2D eigenvalue weighted by molar-refractivity contribution is 7.99. The molecule has 0 bridgehead atoms. The highest BCUT2D eigenvalue weighted by atomic mass is 32.2. The molecule has 30 heavy (non-hydrogen) atoms. The van der Waals surface area contributed by atoms with Crippen LogP contribution in [-0.2, 0) is 21.9 Å². The van der Waals surface area contributed by atoms with Gasteiger partial charge in [-0.15, -0.1) is 11.8 Å². The molecule has 162 valence electrons. The zero-order chi connectivity index (χ0) is 22.1. The molecule has 0 fully saturated rings. The van der Waals surface area contributed by atoms with Crippen molar-refractivity contribution in [3.05, 3.63) is 71.0 Å². The number of hydrogen-bond acceptors (Lipinski definition) is 3. The molecule has 2 rings (SSSR count). The lowest BCUT2D eigenvalue weighted by Crippen LogP contribution is -2.50. The summed E-state index contributed by atoms with van der Waals surface area (Å²) in [5.41, 5.74) is 3.10. The average Bonchev–Trinajstić information content (AvgIpc) is 2.70. The molecule has 4 nitrogen and oxygen atoms in total. The predicted octanol–water partition coefficient (Wildman–Crippen LogP) is 4.70. The van der Waals surface area contributed by atoms with Gasteiger partial charge in [0, 0.05) is 18.3 Å². The summed E-state index contributed by atoms with van der Waals surface area (Å²) in [5, 5.41) is 2.94. The summed E-state index contributed by atoms with van der Waals surface area (Å²) in [6, 6.07) is 13.8. The van der Waals surface area contributed by atoms with Crippen LogP contribution in [0, 0.1) is 12.7 Å². The minimum atomic E-state index is -0.521. The molecule has 2 aromatic rings. The quantitative estimate of drug-likeness (QED) is 0.594. The minimum absolute atomic E-state index is 0.00993. The molecule has 0 aromatic heterocycles. The third-order valence-electron chi connectivity index (χ3n) is 4.70. The first kappa shape index (κ1) is 23.9. The third kappa shape index (κ3) is 7.48. The van der Waals surface area contributed by atoms with Crippen LogP contribution in [-0.4, -0.2) is 34.6 Å². The van der Waals surface area contributed by atoms with Crippen molar-refractivity contribution in [2.24, 2.45) is 0 Å². The number of hydrogen-bond donors (Lipinski definition) is 1. The molecule has 0 aliphatic rings. The molecule has 6 heteroatoms. The van der Waals surface area contributed by atoms with E-state index in [0.717, 1.165) is 16.7 Å². The van der Waals surface area contributed by atoms with E-state index in [1.54, 1.807) is 17.0 Å². The van der Waals surface area contributed by atoms with E-state index in [0.29, 0.717) is 18.7 Å². The highest BCUT2D eigenvalue weighted by Crippen LogP contribution is 2.18. The predicted molar refractivity (Wildman–Crippen MR) is 122 cm³/mol. The van der Waals surface area contributed by atoms with Gasteiger partial charge in [0.2, 0.25) is 11.8 Å². The summed E-state index contributed by atoms with van der Waals surface area (Å²) >= 11 is 1.47. The van der Waals surface area contributed by atoms with Crippen molar-refractivity contribution in [3.63, 3.8) is 0 Å². The molecule has 1 N–H and O–H groups in total. The Morgan fingerprint density at radius 1 is 1.03 bits per heavy atom. The van der Waals surface area contributed by atoms with Crippen molar-refractivity contribution >= 4 is 23.6 Å². The Balaban J connectivity index is 2.11. The highest BCUT2D eigenvalue weighted by Gasteiger charge is 2.28. The van der Waals surface area contributed by atoms with Crippen LogP contribution in [0.5, 0.6) is 0 Å². The lowest BCUT2D eigenvalue weighted by Gasteiger charge is -2.31. The van der Waals surface area contributed by atoms with E-state index in [1.807, 2.05) is 52.0 Å². The van der Waals surface area contributed by atoms with Gasteiger partial charge in [0.05, 0.1) is 5.75 Å². The summed E-state index contributed by atoms with van der Waals surface area (Å²) in [6.07, 6.45) is 0.540. The van der Waals surface area contributed by atoms with E-state index in [1.165, 1.54) is 23.9 Å². The second kappa shape index (κ2) is 11.7. The number of nitrogens with one attached hydrogen (secondary N) is 1. The van der Waals surface area contributed by atoms with Crippen molar-refractivity contribution in [1.29, 1.82) is 0 Å². The van der Waals surface area contributed by atoms with Crippen molar-refractivity contribution in [1.82, 2.24) is 10.2 Å². The van der Waals surface area contributed by atoms with Gasteiger partial charge in [-0.3, -0.25) is 9.59 Å². The van der Waals surface area contributed by atoms with Crippen LogP contribution in [0.15, 0.2) is 48.5 Å². The Morgan fingerprint density at radius 2 is 1.63 bits per heavy atom. The van der Waals surface area contributed by atoms with Crippen LogP contribution in [0.25, 0.3) is 0 Å². The van der Waals surface area contributed by atoms with Crippen molar-refractivity contribution < 1.29 is 14.0 Å². The minimum Gasteiger partial charge on any atom is -0.352 e. The Morgan fingerprint density at radius 3 is 2.20 bits per heavy atom. The van der Waals surface area contributed by atoms with Gasteiger partial charge in [0.25, 0.3) is 0 Å². The molecule has 0 saturated heterocycles. The number of amides is 2. The topological polar surface area (TPSA) is 49.4 Å². The molecule has 0 spiro atoms. The maximum atomic E-state index is 13.1. The lowest BCUT2D eigenvalue weighted by atomic mass is 10.1. The normalized spacial score (nSPS) is 11.9. The number of rotatable bonds is 10. The summed E-state index contributed by atoms with van der Waals surface area (Å²) < 4.78 is 13.1. The van der Waals surface area contributed by atoms with Crippen molar-refractivity contribution in [2.45, 2.75) is 58.5 Å².